The van der Waals surface area contributed by atoms with E-state index in [1.54, 1.807) is 18.2 Å². The van der Waals surface area contributed by atoms with Gasteiger partial charge in [-0.1, -0.05) is 30.3 Å². The maximum absolute atomic E-state index is 11.6. The summed E-state index contributed by atoms with van der Waals surface area (Å²) < 4.78 is 0. The summed E-state index contributed by atoms with van der Waals surface area (Å²) in [6, 6.07) is 15.5. The van der Waals surface area contributed by atoms with Crippen LogP contribution in [0.25, 0.3) is 11.1 Å². The standard InChI is InChI=1S/C16H13O2/c1-11(17)13-6-5-7-14(10-13)16-9-4-3-8-15(16)12(2)18/h4-10H,1-2H3. The quantitative estimate of drug-likeness (QED) is 0.765. The second-order valence-electron chi connectivity index (χ2n) is 4.16. The molecule has 0 aliphatic rings. The zero-order valence-corrected chi connectivity index (χ0v) is 10.4. The molecule has 0 amide bonds. The molecule has 0 heterocycles. The minimum Gasteiger partial charge on any atom is -0.295 e. The molecule has 2 rings (SSSR count). The third-order valence-electron chi connectivity index (χ3n) is 2.82. The molecule has 1 radical (unpaired) electrons. The molecule has 0 atom stereocenters. The molecule has 0 aromatic heterocycles. The van der Waals surface area contributed by atoms with Gasteiger partial charge in [0.1, 0.15) is 0 Å². The number of hydrogen-bond donors (Lipinski definition) is 0. The Balaban J connectivity index is 2.58. The summed E-state index contributed by atoms with van der Waals surface area (Å²) in [5.41, 5.74) is 2.99. The van der Waals surface area contributed by atoms with E-state index in [4.69, 9.17) is 0 Å². The number of ketones is 2. The maximum Gasteiger partial charge on any atom is 0.160 e. The maximum atomic E-state index is 11.6. The topological polar surface area (TPSA) is 34.1 Å². The second-order valence-corrected chi connectivity index (χ2v) is 4.16. The van der Waals surface area contributed by atoms with Crippen molar-refractivity contribution < 1.29 is 9.59 Å². The monoisotopic (exact) mass is 237 g/mol. The van der Waals surface area contributed by atoms with Crippen LogP contribution in [0.5, 0.6) is 0 Å². The van der Waals surface area contributed by atoms with E-state index >= 15 is 0 Å². The molecule has 0 spiro atoms. The number of rotatable bonds is 3. The predicted molar refractivity (Wildman–Crippen MR) is 70.7 cm³/mol. The summed E-state index contributed by atoms with van der Waals surface area (Å²) in [7, 11) is 0. The number of hydrogen-bond acceptors (Lipinski definition) is 2. The van der Waals surface area contributed by atoms with Gasteiger partial charge in [0.05, 0.1) is 0 Å². The fraction of sp³-hybridized carbons (Fsp3) is 0.125. The van der Waals surface area contributed by atoms with Crippen molar-refractivity contribution in [3.05, 3.63) is 59.7 Å². The molecule has 0 saturated heterocycles. The van der Waals surface area contributed by atoms with Gasteiger partial charge in [0.25, 0.3) is 0 Å². The first kappa shape index (κ1) is 12.2. The molecular weight excluding hydrogens is 224 g/mol. The van der Waals surface area contributed by atoms with Gasteiger partial charge >= 0.3 is 0 Å². The molecule has 0 bridgehead atoms. The molecule has 2 aromatic rings. The van der Waals surface area contributed by atoms with Crippen molar-refractivity contribution in [1.29, 1.82) is 0 Å². The second kappa shape index (κ2) is 4.96. The molecule has 0 N–H and O–H groups in total. The molecule has 0 saturated carbocycles. The molecule has 0 aliphatic carbocycles. The molecular formula is C16H13O2. The van der Waals surface area contributed by atoms with Gasteiger partial charge in [0.15, 0.2) is 11.6 Å². The van der Waals surface area contributed by atoms with Crippen LogP contribution in [0.15, 0.2) is 42.5 Å². The number of carbonyl (C=O) groups excluding carboxylic acids is 2. The van der Waals surface area contributed by atoms with Gasteiger partial charge in [-0.2, -0.15) is 0 Å². The minimum absolute atomic E-state index is 0.00456. The lowest BCUT2D eigenvalue weighted by molar-refractivity contribution is 0.101. The van der Waals surface area contributed by atoms with Crippen molar-refractivity contribution in [3.8, 4) is 11.1 Å². The van der Waals surface area contributed by atoms with E-state index < -0.39 is 0 Å². The molecule has 0 fully saturated rings. The van der Waals surface area contributed by atoms with E-state index in [2.05, 4.69) is 6.07 Å². The highest BCUT2D eigenvalue weighted by Crippen LogP contribution is 2.24. The van der Waals surface area contributed by atoms with Crippen LogP contribution in [0.2, 0.25) is 0 Å². The largest absolute Gasteiger partial charge is 0.295 e. The summed E-state index contributed by atoms with van der Waals surface area (Å²) in [6.45, 7) is 3.06. The summed E-state index contributed by atoms with van der Waals surface area (Å²) in [5.74, 6) is 0.0128. The Labute approximate surface area is 106 Å². The van der Waals surface area contributed by atoms with Crippen molar-refractivity contribution in [3.63, 3.8) is 0 Å². The first-order chi connectivity index (χ1) is 8.59. The summed E-state index contributed by atoms with van der Waals surface area (Å²) in [6.07, 6.45) is 0. The Hall–Kier alpha value is -2.22. The van der Waals surface area contributed by atoms with Crippen molar-refractivity contribution in [1.82, 2.24) is 0 Å². The molecule has 2 aromatic carbocycles. The number of carbonyl (C=O) groups is 2. The minimum atomic E-state index is -0.00456. The first-order valence-electron chi connectivity index (χ1n) is 5.72. The summed E-state index contributed by atoms with van der Waals surface area (Å²) >= 11 is 0. The van der Waals surface area contributed by atoms with Gasteiger partial charge in [0.2, 0.25) is 0 Å². The van der Waals surface area contributed by atoms with Crippen LogP contribution in [0.3, 0.4) is 0 Å². The number of Topliss-reactive ketones (excluding diaryl/α,β-unsaturated/α-hetero) is 2. The normalized spacial score (nSPS) is 10.1. The van der Waals surface area contributed by atoms with Crippen molar-refractivity contribution >= 4 is 11.6 Å². The number of benzene rings is 2. The van der Waals surface area contributed by atoms with Gasteiger partial charge in [0, 0.05) is 11.1 Å². The SMILES string of the molecule is CC(=O)c1cccc(-c2cc[c]cc2C(C)=O)c1. The Morgan fingerprint density at radius 3 is 2.50 bits per heavy atom. The lowest BCUT2D eigenvalue weighted by Gasteiger charge is -2.07. The van der Waals surface area contributed by atoms with Crippen LogP contribution in [-0.2, 0) is 0 Å². The molecule has 2 nitrogen and oxygen atoms in total. The van der Waals surface area contributed by atoms with Crippen LogP contribution in [0, 0.1) is 6.07 Å². The van der Waals surface area contributed by atoms with Gasteiger partial charge in [-0.05, 0) is 43.2 Å². The van der Waals surface area contributed by atoms with E-state index in [9.17, 15) is 9.59 Å². The molecule has 0 unspecified atom stereocenters. The van der Waals surface area contributed by atoms with Gasteiger partial charge in [-0.15, -0.1) is 0 Å². The fourth-order valence-corrected chi connectivity index (χ4v) is 1.88. The molecule has 89 valence electrons. The van der Waals surface area contributed by atoms with E-state index in [1.807, 2.05) is 24.3 Å². The van der Waals surface area contributed by atoms with Crippen LogP contribution in [0.1, 0.15) is 34.6 Å². The van der Waals surface area contributed by atoms with E-state index in [0.717, 1.165) is 11.1 Å². The highest BCUT2D eigenvalue weighted by molar-refractivity contribution is 6.01. The van der Waals surface area contributed by atoms with Crippen LogP contribution >= 0.6 is 0 Å². The average molecular weight is 237 g/mol. The third kappa shape index (κ3) is 2.38. The van der Waals surface area contributed by atoms with Crippen LogP contribution in [0.4, 0.5) is 0 Å². The molecule has 18 heavy (non-hydrogen) atoms. The Bertz CT molecular complexity index is 612. The van der Waals surface area contributed by atoms with Gasteiger partial charge < -0.3 is 0 Å². The third-order valence-corrected chi connectivity index (χ3v) is 2.82. The first-order valence-corrected chi connectivity index (χ1v) is 5.72. The van der Waals surface area contributed by atoms with Crippen LogP contribution in [-0.4, -0.2) is 11.6 Å². The van der Waals surface area contributed by atoms with Gasteiger partial charge in [-0.25, -0.2) is 0 Å². The Kier molecular flexibility index (Phi) is 3.38. The smallest absolute Gasteiger partial charge is 0.160 e. The van der Waals surface area contributed by atoms with Crippen molar-refractivity contribution in [2.24, 2.45) is 0 Å². The van der Waals surface area contributed by atoms with E-state index in [-0.39, 0.29) is 11.6 Å². The van der Waals surface area contributed by atoms with Crippen molar-refractivity contribution in [2.45, 2.75) is 13.8 Å². The average Bonchev–Trinajstić information content (AvgIpc) is 2.39. The summed E-state index contributed by atoms with van der Waals surface area (Å²) in [4.78, 5) is 22.9. The Morgan fingerprint density at radius 2 is 1.83 bits per heavy atom. The lowest BCUT2D eigenvalue weighted by Crippen LogP contribution is -1.97. The van der Waals surface area contributed by atoms with Crippen LogP contribution < -0.4 is 0 Å². The zero-order valence-electron chi connectivity index (χ0n) is 10.4. The molecule has 2 heteroatoms. The van der Waals surface area contributed by atoms with Crippen molar-refractivity contribution in [2.75, 3.05) is 0 Å². The highest BCUT2D eigenvalue weighted by Gasteiger charge is 2.09. The zero-order chi connectivity index (χ0) is 13.1. The lowest BCUT2D eigenvalue weighted by atomic mass is 9.96. The van der Waals surface area contributed by atoms with E-state index in [1.165, 1.54) is 13.8 Å². The Morgan fingerprint density at radius 1 is 1.06 bits per heavy atom. The van der Waals surface area contributed by atoms with Gasteiger partial charge in [-0.3, -0.25) is 9.59 Å². The molecule has 0 aliphatic heterocycles. The highest BCUT2D eigenvalue weighted by atomic mass is 16.1. The summed E-state index contributed by atoms with van der Waals surface area (Å²) in [5, 5.41) is 0. The predicted octanol–water partition coefficient (Wildman–Crippen LogP) is 3.56. The van der Waals surface area contributed by atoms with E-state index in [0.29, 0.717) is 11.1 Å². The fourth-order valence-electron chi connectivity index (χ4n) is 1.88.